The fourth-order valence-corrected chi connectivity index (χ4v) is 3.18. The molecule has 0 spiro atoms. The van der Waals surface area contributed by atoms with Crippen LogP contribution in [0.4, 0.5) is 0 Å². The highest BCUT2D eigenvalue weighted by atomic mass is 35.5. The SMILES string of the molecule is Cc1cc(CSc2ncccc2C(=O)OCCOc2ccc(Cl)cc2)no1. The molecule has 2 aromatic heterocycles. The number of esters is 1. The van der Waals surface area contributed by atoms with Crippen LogP contribution >= 0.6 is 23.4 Å². The van der Waals surface area contributed by atoms with E-state index in [2.05, 4.69) is 10.1 Å². The lowest BCUT2D eigenvalue weighted by Crippen LogP contribution is -2.13. The Hall–Kier alpha value is -2.51. The normalized spacial score (nSPS) is 10.6. The number of halogens is 1. The van der Waals surface area contributed by atoms with Gasteiger partial charge in [0.15, 0.2) is 0 Å². The van der Waals surface area contributed by atoms with Crippen molar-refractivity contribution in [2.24, 2.45) is 0 Å². The number of aromatic nitrogens is 2. The van der Waals surface area contributed by atoms with Crippen LogP contribution in [0, 0.1) is 6.92 Å². The van der Waals surface area contributed by atoms with Crippen molar-refractivity contribution in [2.45, 2.75) is 17.7 Å². The first kappa shape index (κ1) is 19.3. The van der Waals surface area contributed by atoms with Crippen LogP contribution in [0.1, 0.15) is 21.8 Å². The Balaban J connectivity index is 1.51. The number of pyridine rings is 1. The fourth-order valence-electron chi connectivity index (χ4n) is 2.19. The van der Waals surface area contributed by atoms with Gasteiger partial charge >= 0.3 is 5.97 Å². The predicted octanol–water partition coefficient (Wildman–Crippen LogP) is 4.56. The molecule has 0 fully saturated rings. The zero-order valence-corrected chi connectivity index (χ0v) is 16.1. The molecule has 0 aliphatic heterocycles. The third-order valence-electron chi connectivity index (χ3n) is 3.42. The second-order valence-electron chi connectivity index (χ2n) is 5.51. The number of carbonyl (C=O) groups excluding carboxylic acids is 1. The molecule has 0 saturated heterocycles. The van der Waals surface area contributed by atoms with Gasteiger partial charge in [-0.2, -0.15) is 0 Å². The molecule has 0 unspecified atom stereocenters. The minimum Gasteiger partial charge on any atom is -0.490 e. The van der Waals surface area contributed by atoms with E-state index in [4.69, 9.17) is 25.6 Å². The average Bonchev–Trinajstić information content (AvgIpc) is 3.10. The van der Waals surface area contributed by atoms with Crippen molar-refractivity contribution >= 4 is 29.3 Å². The van der Waals surface area contributed by atoms with Gasteiger partial charge in [-0.25, -0.2) is 9.78 Å². The lowest BCUT2D eigenvalue weighted by molar-refractivity contribution is 0.0445. The summed E-state index contributed by atoms with van der Waals surface area (Å²) < 4.78 is 15.8. The van der Waals surface area contributed by atoms with Gasteiger partial charge in [-0.3, -0.25) is 0 Å². The van der Waals surface area contributed by atoms with Gasteiger partial charge in [0.2, 0.25) is 0 Å². The quantitative estimate of drug-likeness (QED) is 0.309. The highest BCUT2D eigenvalue weighted by Gasteiger charge is 2.15. The maximum Gasteiger partial charge on any atom is 0.341 e. The largest absolute Gasteiger partial charge is 0.490 e. The number of hydrogen-bond acceptors (Lipinski definition) is 7. The Kier molecular flexibility index (Phi) is 6.73. The first-order valence-electron chi connectivity index (χ1n) is 8.17. The Bertz CT molecular complexity index is 899. The predicted molar refractivity (Wildman–Crippen MR) is 102 cm³/mol. The molecule has 0 radical (unpaired) electrons. The molecule has 3 rings (SSSR count). The summed E-state index contributed by atoms with van der Waals surface area (Å²) >= 11 is 7.22. The molecule has 0 aliphatic rings. The van der Waals surface area contributed by atoms with E-state index in [1.54, 1.807) is 42.6 Å². The first-order valence-corrected chi connectivity index (χ1v) is 9.53. The van der Waals surface area contributed by atoms with Crippen LogP contribution in [0.3, 0.4) is 0 Å². The van der Waals surface area contributed by atoms with E-state index in [1.165, 1.54) is 11.8 Å². The standard InChI is InChI=1S/C19H17ClN2O4S/c1-13-11-15(22-26-13)12-27-18-17(3-2-8-21-18)19(23)25-10-9-24-16-6-4-14(20)5-7-16/h2-8,11H,9-10,12H2,1H3. The van der Waals surface area contributed by atoms with Gasteiger partial charge in [0.1, 0.15) is 29.7 Å². The summed E-state index contributed by atoms with van der Waals surface area (Å²) in [4.78, 5) is 16.6. The van der Waals surface area contributed by atoms with E-state index >= 15 is 0 Å². The minimum atomic E-state index is -0.443. The van der Waals surface area contributed by atoms with E-state index in [0.717, 1.165) is 11.5 Å². The summed E-state index contributed by atoms with van der Waals surface area (Å²) in [5.74, 6) is 1.51. The zero-order valence-electron chi connectivity index (χ0n) is 14.6. The number of nitrogens with zero attached hydrogens (tertiary/aromatic N) is 2. The smallest absolute Gasteiger partial charge is 0.341 e. The Labute approximate surface area is 165 Å². The summed E-state index contributed by atoms with van der Waals surface area (Å²) in [6.45, 7) is 2.20. The zero-order chi connectivity index (χ0) is 19.1. The van der Waals surface area contributed by atoms with Crippen molar-refractivity contribution in [1.29, 1.82) is 0 Å². The summed E-state index contributed by atoms with van der Waals surface area (Å²) in [5, 5.41) is 5.16. The molecule has 6 nitrogen and oxygen atoms in total. The fraction of sp³-hybridized carbons (Fsp3) is 0.211. The molecular weight excluding hydrogens is 388 g/mol. The van der Waals surface area contributed by atoms with E-state index in [-0.39, 0.29) is 13.2 Å². The van der Waals surface area contributed by atoms with Gasteiger partial charge in [-0.05, 0) is 43.3 Å². The minimum absolute atomic E-state index is 0.128. The third-order valence-corrected chi connectivity index (χ3v) is 4.71. The highest BCUT2D eigenvalue weighted by Crippen LogP contribution is 2.24. The molecule has 0 bridgehead atoms. The van der Waals surface area contributed by atoms with Crippen molar-refractivity contribution in [1.82, 2.24) is 10.1 Å². The van der Waals surface area contributed by atoms with Gasteiger partial charge in [0, 0.05) is 23.0 Å². The summed E-state index contributed by atoms with van der Waals surface area (Å²) in [6.07, 6.45) is 1.64. The molecule has 2 heterocycles. The van der Waals surface area contributed by atoms with Gasteiger partial charge in [-0.1, -0.05) is 28.5 Å². The number of ether oxygens (including phenoxy) is 2. The van der Waals surface area contributed by atoms with Gasteiger partial charge < -0.3 is 14.0 Å². The molecule has 1 aromatic carbocycles. The molecular formula is C19H17ClN2O4S. The lowest BCUT2D eigenvalue weighted by Gasteiger charge is -2.09. The number of aryl methyl sites for hydroxylation is 1. The van der Waals surface area contributed by atoms with Crippen LogP contribution in [0.15, 0.2) is 58.2 Å². The number of hydrogen-bond donors (Lipinski definition) is 0. The van der Waals surface area contributed by atoms with Crippen LogP contribution in [0.5, 0.6) is 5.75 Å². The van der Waals surface area contributed by atoms with E-state index in [0.29, 0.717) is 27.1 Å². The van der Waals surface area contributed by atoms with Gasteiger partial charge in [0.05, 0.1) is 11.3 Å². The average molecular weight is 405 g/mol. The monoisotopic (exact) mass is 404 g/mol. The number of thioether (sulfide) groups is 1. The molecule has 8 heteroatoms. The van der Waals surface area contributed by atoms with E-state index in [9.17, 15) is 4.79 Å². The van der Waals surface area contributed by atoms with Gasteiger partial charge in [0.25, 0.3) is 0 Å². The molecule has 0 N–H and O–H groups in total. The Morgan fingerprint density at radius 3 is 2.78 bits per heavy atom. The van der Waals surface area contributed by atoms with Crippen molar-refractivity contribution in [3.05, 3.63) is 70.7 Å². The summed E-state index contributed by atoms with van der Waals surface area (Å²) in [5.41, 5.74) is 1.20. The second-order valence-corrected chi connectivity index (χ2v) is 6.91. The van der Waals surface area contributed by atoms with E-state index in [1.807, 2.05) is 13.0 Å². The number of carbonyl (C=O) groups is 1. The van der Waals surface area contributed by atoms with Crippen LogP contribution < -0.4 is 4.74 Å². The molecule has 0 atom stereocenters. The second kappa shape index (κ2) is 9.43. The Morgan fingerprint density at radius 2 is 2.04 bits per heavy atom. The third kappa shape index (κ3) is 5.74. The maximum atomic E-state index is 12.4. The van der Waals surface area contributed by atoms with E-state index < -0.39 is 5.97 Å². The lowest BCUT2D eigenvalue weighted by atomic mass is 10.3. The van der Waals surface area contributed by atoms with Gasteiger partial charge in [-0.15, -0.1) is 0 Å². The molecule has 140 valence electrons. The Morgan fingerprint density at radius 1 is 1.22 bits per heavy atom. The van der Waals surface area contributed by atoms with Crippen molar-refractivity contribution < 1.29 is 18.8 Å². The highest BCUT2D eigenvalue weighted by molar-refractivity contribution is 7.98. The van der Waals surface area contributed by atoms with Crippen LogP contribution in [0.25, 0.3) is 0 Å². The molecule has 3 aromatic rings. The summed E-state index contributed by atoms with van der Waals surface area (Å²) in [6, 6.07) is 12.2. The molecule has 0 saturated carbocycles. The van der Waals surface area contributed by atoms with Crippen LogP contribution in [0.2, 0.25) is 5.02 Å². The van der Waals surface area contributed by atoms with Crippen molar-refractivity contribution in [3.63, 3.8) is 0 Å². The van der Waals surface area contributed by atoms with Crippen molar-refractivity contribution in [3.8, 4) is 5.75 Å². The summed E-state index contributed by atoms with van der Waals surface area (Å²) in [7, 11) is 0. The maximum absolute atomic E-state index is 12.4. The topological polar surface area (TPSA) is 74.5 Å². The van der Waals surface area contributed by atoms with Crippen molar-refractivity contribution in [2.75, 3.05) is 13.2 Å². The van der Waals surface area contributed by atoms with Crippen LogP contribution in [-0.4, -0.2) is 29.3 Å². The molecule has 27 heavy (non-hydrogen) atoms. The molecule has 0 aliphatic carbocycles. The molecule has 0 amide bonds. The first-order chi connectivity index (χ1) is 13.1. The number of rotatable bonds is 8. The van der Waals surface area contributed by atoms with Crippen LogP contribution in [-0.2, 0) is 10.5 Å². The number of benzene rings is 1.